The molecule has 0 radical (unpaired) electrons. The molecule has 1 heteroatoms. The smallest absolute Gasteiger partial charge is 0.0127 e. The number of hydrogen-bond acceptors (Lipinski definition) is 1. The molecule has 0 aromatic carbocycles. The van der Waals surface area contributed by atoms with E-state index in [1.54, 1.807) is 0 Å². The maximum Gasteiger partial charge on any atom is 0.0127 e. The number of nitrogens with zero attached hydrogens (tertiary/aromatic N) is 1. The number of rotatable bonds is 2. The van der Waals surface area contributed by atoms with Crippen molar-refractivity contribution in [2.24, 2.45) is 11.3 Å². The Morgan fingerprint density at radius 3 is 1.72 bits per heavy atom. The summed E-state index contributed by atoms with van der Waals surface area (Å²) in [6.45, 7) is 19.1. The average Bonchev–Trinajstić information content (AvgIpc) is 2.93. The van der Waals surface area contributed by atoms with E-state index in [9.17, 15) is 0 Å². The molecule has 1 saturated carbocycles. The molecule has 1 nitrogen and oxygen atoms in total. The highest BCUT2D eigenvalue weighted by molar-refractivity contribution is 5.05. The molecule has 0 bridgehead atoms. The molecule has 1 unspecified atom stereocenters. The molecule has 0 amide bonds. The lowest BCUT2D eigenvalue weighted by Crippen LogP contribution is -2.38. The lowest BCUT2D eigenvalue weighted by atomic mass is 9.96. The molecular weight excluding hydrogens is 218 g/mol. The molecule has 0 aromatic rings. The summed E-state index contributed by atoms with van der Waals surface area (Å²) in [4.78, 5) is 2.73. The Morgan fingerprint density at radius 2 is 1.50 bits per heavy atom. The first-order valence-corrected chi connectivity index (χ1v) is 8.21. The summed E-state index contributed by atoms with van der Waals surface area (Å²) in [6.07, 6.45) is 5.72. The normalized spacial score (nSPS) is 24.7. The van der Waals surface area contributed by atoms with Gasteiger partial charge in [-0.2, -0.15) is 0 Å². The summed E-state index contributed by atoms with van der Waals surface area (Å²) < 4.78 is 0. The summed E-state index contributed by atoms with van der Waals surface area (Å²) in [5.41, 5.74) is 0.777. The Kier molecular flexibility index (Phi) is 8.18. The zero-order valence-electron chi connectivity index (χ0n) is 14.2. The van der Waals surface area contributed by atoms with Crippen molar-refractivity contribution in [3.8, 4) is 0 Å². The van der Waals surface area contributed by atoms with Crippen LogP contribution in [0.3, 0.4) is 0 Å². The molecule has 0 aromatic heterocycles. The highest BCUT2D eigenvalue weighted by Gasteiger charge is 2.52. The summed E-state index contributed by atoms with van der Waals surface area (Å²) in [5.74, 6) is 0.836. The van der Waals surface area contributed by atoms with Crippen molar-refractivity contribution in [1.29, 1.82) is 0 Å². The first-order chi connectivity index (χ1) is 8.45. The Morgan fingerprint density at radius 1 is 1.06 bits per heavy atom. The third-order valence-electron chi connectivity index (χ3n) is 3.98. The zero-order chi connectivity index (χ0) is 14.3. The van der Waals surface area contributed by atoms with Gasteiger partial charge in [-0.25, -0.2) is 0 Å². The summed E-state index contributed by atoms with van der Waals surface area (Å²) >= 11 is 0. The lowest BCUT2D eigenvalue weighted by Gasteiger charge is -2.30. The Labute approximate surface area is 116 Å². The van der Waals surface area contributed by atoms with Gasteiger partial charge in [0.15, 0.2) is 0 Å². The molecule has 2 fully saturated rings. The van der Waals surface area contributed by atoms with Gasteiger partial charge < -0.3 is 0 Å². The van der Waals surface area contributed by atoms with E-state index in [0.29, 0.717) is 0 Å². The van der Waals surface area contributed by atoms with Gasteiger partial charge in [0.25, 0.3) is 0 Å². The van der Waals surface area contributed by atoms with Crippen LogP contribution in [0, 0.1) is 11.3 Å². The first-order valence-electron chi connectivity index (χ1n) is 8.21. The second kappa shape index (κ2) is 8.19. The van der Waals surface area contributed by atoms with Crippen LogP contribution >= 0.6 is 0 Å². The number of likely N-dealkylation sites (tertiary alicyclic amines) is 1. The lowest BCUT2D eigenvalue weighted by molar-refractivity contribution is 0.163. The van der Waals surface area contributed by atoms with E-state index in [1.165, 1.54) is 32.2 Å². The molecule has 1 saturated heterocycles. The van der Waals surface area contributed by atoms with Gasteiger partial charge in [0.2, 0.25) is 0 Å². The summed E-state index contributed by atoms with van der Waals surface area (Å²) in [5, 5.41) is 0. The van der Waals surface area contributed by atoms with Crippen molar-refractivity contribution in [1.82, 2.24) is 4.90 Å². The largest absolute Gasteiger partial charge is 0.297 e. The summed E-state index contributed by atoms with van der Waals surface area (Å²) in [7, 11) is 0. The average molecular weight is 255 g/mol. The molecule has 2 aliphatic rings. The van der Waals surface area contributed by atoms with Crippen LogP contribution in [0.15, 0.2) is 0 Å². The van der Waals surface area contributed by atoms with Gasteiger partial charge in [-0.05, 0) is 44.4 Å². The van der Waals surface area contributed by atoms with Crippen molar-refractivity contribution >= 4 is 0 Å². The zero-order valence-corrected chi connectivity index (χ0v) is 14.2. The van der Waals surface area contributed by atoms with Gasteiger partial charge in [0.1, 0.15) is 0 Å². The van der Waals surface area contributed by atoms with Crippen LogP contribution in [0.25, 0.3) is 0 Å². The maximum atomic E-state index is 2.73. The van der Waals surface area contributed by atoms with Crippen LogP contribution in [0.1, 0.15) is 81.1 Å². The number of hydrogen-bond donors (Lipinski definition) is 0. The van der Waals surface area contributed by atoms with Crippen LogP contribution in [0.4, 0.5) is 0 Å². The van der Waals surface area contributed by atoms with E-state index in [0.717, 1.165) is 23.4 Å². The van der Waals surface area contributed by atoms with Crippen molar-refractivity contribution in [2.75, 3.05) is 6.54 Å². The minimum atomic E-state index is 0.743. The molecule has 1 aliphatic heterocycles. The van der Waals surface area contributed by atoms with Gasteiger partial charge in [-0.3, -0.25) is 4.90 Å². The maximum absolute atomic E-state index is 2.73. The first kappa shape index (κ1) is 18.0. The van der Waals surface area contributed by atoms with Crippen molar-refractivity contribution in [3.05, 3.63) is 0 Å². The van der Waals surface area contributed by atoms with Gasteiger partial charge in [0.05, 0.1) is 0 Å². The van der Waals surface area contributed by atoms with Crippen LogP contribution in [0.2, 0.25) is 0 Å². The van der Waals surface area contributed by atoms with Crippen LogP contribution in [-0.2, 0) is 0 Å². The van der Waals surface area contributed by atoms with E-state index in [4.69, 9.17) is 0 Å². The third kappa shape index (κ3) is 4.91. The molecule has 0 N–H and O–H groups in total. The molecular formula is C17H37N. The standard InChI is InChI=1S/C12H23N.C3H8.C2H6/c1-9(2)11-7-12(5-6-12)8-13(11)10(3)4;1-3-2;1-2/h9-11H,5-8H2,1-4H3;3H2,1-2H3;1-2H3. The van der Waals surface area contributed by atoms with Gasteiger partial charge in [-0.1, -0.05) is 48.0 Å². The highest BCUT2D eigenvalue weighted by Crippen LogP contribution is 2.56. The van der Waals surface area contributed by atoms with E-state index < -0.39 is 0 Å². The third-order valence-corrected chi connectivity index (χ3v) is 3.98. The van der Waals surface area contributed by atoms with Crippen molar-refractivity contribution in [3.63, 3.8) is 0 Å². The van der Waals surface area contributed by atoms with E-state index in [2.05, 4.69) is 46.4 Å². The Hall–Kier alpha value is -0.0400. The molecule has 110 valence electrons. The van der Waals surface area contributed by atoms with Gasteiger partial charge in [0, 0.05) is 18.6 Å². The SMILES string of the molecule is CC.CC(C)C1CC2(CC2)CN1C(C)C.CCC. The van der Waals surface area contributed by atoms with Crippen molar-refractivity contribution in [2.45, 2.75) is 93.2 Å². The van der Waals surface area contributed by atoms with E-state index in [-0.39, 0.29) is 0 Å². The van der Waals surface area contributed by atoms with Crippen LogP contribution in [-0.4, -0.2) is 23.5 Å². The molecule has 1 heterocycles. The van der Waals surface area contributed by atoms with Gasteiger partial charge in [-0.15, -0.1) is 0 Å². The fourth-order valence-electron chi connectivity index (χ4n) is 2.85. The second-order valence-electron chi connectivity index (χ2n) is 6.49. The van der Waals surface area contributed by atoms with E-state index in [1.807, 2.05) is 13.8 Å². The van der Waals surface area contributed by atoms with Gasteiger partial charge >= 0.3 is 0 Å². The predicted molar refractivity (Wildman–Crippen MR) is 84.1 cm³/mol. The Balaban J connectivity index is 0.000000509. The van der Waals surface area contributed by atoms with E-state index >= 15 is 0 Å². The molecule has 1 atom stereocenters. The summed E-state index contributed by atoms with van der Waals surface area (Å²) in [6, 6.07) is 1.61. The molecule has 2 rings (SSSR count). The highest BCUT2D eigenvalue weighted by atomic mass is 15.2. The minimum Gasteiger partial charge on any atom is -0.297 e. The van der Waals surface area contributed by atoms with Crippen LogP contribution < -0.4 is 0 Å². The molecule has 1 spiro atoms. The second-order valence-corrected chi connectivity index (χ2v) is 6.49. The van der Waals surface area contributed by atoms with Crippen molar-refractivity contribution < 1.29 is 0 Å². The minimum absolute atomic E-state index is 0.743. The fraction of sp³-hybridized carbons (Fsp3) is 1.00. The quantitative estimate of drug-likeness (QED) is 0.643. The monoisotopic (exact) mass is 255 g/mol. The topological polar surface area (TPSA) is 3.24 Å². The Bertz CT molecular complexity index is 186. The fourth-order valence-corrected chi connectivity index (χ4v) is 2.85. The molecule has 1 aliphatic carbocycles. The predicted octanol–water partition coefficient (Wildman–Crippen LogP) is 5.35. The molecule has 18 heavy (non-hydrogen) atoms. The van der Waals surface area contributed by atoms with Crippen LogP contribution in [0.5, 0.6) is 0 Å².